The van der Waals surface area contributed by atoms with Crippen molar-refractivity contribution in [1.29, 1.82) is 0 Å². The molecule has 1 atom stereocenters. The van der Waals surface area contributed by atoms with Crippen molar-refractivity contribution in [2.45, 2.75) is 32.8 Å². The lowest BCUT2D eigenvalue weighted by atomic mass is 9.98. The van der Waals surface area contributed by atoms with Crippen molar-refractivity contribution < 1.29 is 17.9 Å². The Morgan fingerprint density at radius 3 is 2.56 bits per heavy atom. The number of carbonyl (C=O) groups excluding carboxylic acids is 1. The smallest absolute Gasteiger partial charge is 0.267 e. The van der Waals surface area contributed by atoms with E-state index in [9.17, 15) is 13.2 Å². The van der Waals surface area contributed by atoms with E-state index in [1.165, 1.54) is 4.31 Å². The van der Waals surface area contributed by atoms with Crippen LogP contribution in [0.1, 0.15) is 30.9 Å². The van der Waals surface area contributed by atoms with Crippen LogP contribution in [0.25, 0.3) is 0 Å². The van der Waals surface area contributed by atoms with E-state index < -0.39 is 16.1 Å². The van der Waals surface area contributed by atoms with Crippen molar-refractivity contribution in [1.82, 2.24) is 0 Å². The first-order chi connectivity index (χ1) is 12.7. The van der Waals surface area contributed by atoms with Gasteiger partial charge >= 0.3 is 0 Å². The van der Waals surface area contributed by atoms with Gasteiger partial charge in [-0.2, -0.15) is 0 Å². The summed E-state index contributed by atoms with van der Waals surface area (Å²) in [6.07, 6.45) is 0.191. The number of aryl methyl sites for hydroxylation is 1. The molecule has 1 heterocycles. The summed E-state index contributed by atoms with van der Waals surface area (Å²) in [6.45, 7) is 5.98. The summed E-state index contributed by atoms with van der Waals surface area (Å²) in [5.41, 5.74) is 3.18. The van der Waals surface area contributed by atoms with Gasteiger partial charge in [-0.05, 0) is 36.1 Å². The molecule has 2 aromatic rings. The zero-order valence-corrected chi connectivity index (χ0v) is 16.7. The number of para-hydroxylation sites is 3. The minimum atomic E-state index is -3.54. The van der Waals surface area contributed by atoms with Crippen LogP contribution in [-0.2, 0) is 14.8 Å². The second-order valence-electron chi connectivity index (χ2n) is 7.05. The molecule has 0 radical (unpaired) electrons. The van der Waals surface area contributed by atoms with Crippen LogP contribution in [0.5, 0.6) is 5.75 Å². The van der Waals surface area contributed by atoms with Crippen LogP contribution in [0.4, 0.5) is 11.4 Å². The molecule has 2 aromatic carbocycles. The van der Waals surface area contributed by atoms with Crippen LogP contribution in [0.2, 0.25) is 0 Å². The molecule has 0 bridgehead atoms. The highest BCUT2D eigenvalue weighted by Gasteiger charge is 2.35. The maximum atomic E-state index is 12.9. The summed E-state index contributed by atoms with van der Waals surface area (Å²) in [6, 6.07) is 12.7. The lowest BCUT2D eigenvalue weighted by Crippen LogP contribution is -2.48. The summed E-state index contributed by atoms with van der Waals surface area (Å²) < 4.78 is 31.5. The Kier molecular flexibility index (Phi) is 5.15. The Labute approximate surface area is 160 Å². The summed E-state index contributed by atoms with van der Waals surface area (Å²) in [5, 5.41) is 2.95. The topological polar surface area (TPSA) is 75.7 Å². The van der Waals surface area contributed by atoms with Crippen LogP contribution in [0.3, 0.4) is 0 Å². The Morgan fingerprint density at radius 1 is 1.19 bits per heavy atom. The lowest BCUT2D eigenvalue weighted by Gasteiger charge is -2.34. The molecule has 3 rings (SSSR count). The van der Waals surface area contributed by atoms with E-state index in [4.69, 9.17) is 4.74 Å². The van der Waals surface area contributed by atoms with Gasteiger partial charge < -0.3 is 10.1 Å². The predicted molar refractivity (Wildman–Crippen MR) is 107 cm³/mol. The van der Waals surface area contributed by atoms with Gasteiger partial charge in [-0.1, -0.05) is 44.2 Å². The molecular weight excluding hydrogens is 364 g/mol. The number of carbonyl (C=O) groups is 1. The van der Waals surface area contributed by atoms with Crippen LogP contribution in [-0.4, -0.2) is 33.2 Å². The molecule has 0 aromatic heterocycles. The molecule has 1 amide bonds. The standard InChI is InChI=1S/C20H24N2O4S/c1-13(2)15-9-7-8-14(3)19(15)21-20(23)18-12-22(27(4,24)25)16-10-5-6-11-17(16)26-18/h5-11,13,18H,12H2,1-4H3,(H,21,23)/t18-/m1/s1. The largest absolute Gasteiger partial charge is 0.476 e. The highest BCUT2D eigenvalue weighted by atomic mass is 32.2. The first-order valence-electron chi connectivity index (χ1n) is 8.82. The molecule has 144 valence electrons. The fraction of sp³-hybridized carbons (Fsp3) is 0.350. The van der Waals surface area contributed by atoms with E-state index in [0.29, 0.717) is 11.4 Å². The molecule has 0 saturated heterocycles. The number of anilines is 2. The minimum absolute atomic E-state index is 0.0649. The molecule has 1 N–H and O–H groups in total. The summed E-state index contributed by atoms with van der Waals surface area (Å²) in [5.74, 6) is 0.248. The lowest BCUT2D eigenvalue weighted by molar-refractivity contribution is -0.122. The quantitative estimate of drug-likeness (QED) is 0.872. The Balaban J connectivity index is 1.91. The number of amides is 1. The van der Waals surface area contributed by atoms with Gasteiger partial charge in [-0.25, -0.2) is 8.42 Å². The first kappa shape index (κ1) is 19.2. The average molecular weight is 388 g/mol. The third kappa shape index (κ3) is 3.93. The highest BCUT2D eigenvalue weighted by Crippen LogP contribution is 2.35. The van der Waals surface area contributed by atoms with Crippen molar-refractivity contribution in [2.75, 3.05) is 22.4 Å². The summed E-state index contributed by atoms with van der Waals surface area (Å²) >= 11 is 0. The number of rotatable bonds is 4. The van der Waals surface area contributed by atoms with E-state index in [1.807, 2.05) is 25.1 Å². The number of fused-ring (bicyclic) bond motifs is 1. The maximum absolute atomic E-state index is 12.9. The third-order valence-electron chi connectivity index (χ3n) is 4.60. The van der Waals surface area contributed by atoms with Crippen molar-refractivity contribution >= 4 is 27.3 Å². The van der Waals surface area contributed by atoms with E-state index in [2.05, 4.69) is 19.2 Å². The number of sulfonamides is 1. The monoisotopic (exact) mass is 388 g/mol. The molecule has 1 aliphatic heterocycles. The molecule has 6 nitrogen and oxygen atoms in total. The van der Waals surface area contributed by atoms with Crippen LogP contribution in [0, 0.1) is 6.92 Å². The zero-order valence-electron chi connectivity index (χ0n) is 15.9. The van der Waals surface area contributed by atoms with Gasteiger partial charge in [0.05, 0.1) is 18.5 Å². The van der Waals surface area contributed by atoms with Crippen molar-refractivity contribution in [3.8, 4) is 5.75 Å². The normalized spacial score (nSPS) is 16.6. The van der Waals surface area contributed by atoms with Crippen LogP contribution in [0.15, 0.2) is 42.5 Å². The summed E-state index contributed by atoms with van der Waals surface area (Å²) in [4.78, 5) is 12.9. The average Bonchev–Trinajstić information content (AvgIpc) is 2.61. The van der Waals surface area contributed by atoms with Gasteiger partial charge in [0.15, 0.2) is 6.10 Å². The summed E-state index contributed by atoms with van der Waals surface area (Å²) in [7, 11) is -3.54. The number of ether oxygens (including phenoxy) is 1. The number of nitrogens with one attached hydrogen (secondary N) is 1. The SMILES string of the molecule is Cc1cccc(C(C)C)c1NC(=O)[C@H]1CN(S(C)(=O)=O)c2ccccc2O1. The Hall–Kier alpha value is -2.54. The molecule has 0 aliphatic carbocycles. The van der Waals surface area contributed by atoms with Gasteiger partial charge in [0.1, 0.15) is 5.75 Å². The van der Waals surface area contributed by atoms with Gasteiger partial charge in [0.25, 0.3) is 5.91 Å². The van der Waals surface area contributed by atoms with E-state index in [1.54, 1.807) is 24.3 Å². The Morgan fingerprint density at radius 2 is 1.89 bits per heavy atom. The number of hydrogen-bond donors (Lipinski definition) is 1. The van der Waals surface area contributed by atoms with Crippen molar-refractivity contribution in [3.63, 3.8) is 0 Å². The molecular formula is C20H24N2O4S. The fourth-order valence-electron chi connectivity index (χ4n) is 3.20. The zero-order chi connectivity index (χ0) is 19.8. The van der Waals surface area contributed by atoms with Crippen LogP contribution >= 0.6 is 0 Å². The molecule has 0 unspecified atom stereocenters. The predicted octanol–water partition coefficient (Wildman–Crippen LogP) is 3.28. The molecule has 0 saturated carbocycles. The second-order valence-corrected chi connectivity index (χ2v) is 8.96. The molecule has 0 fully saturated rings. The van der Waals surface area contributed by atoms with Gasteiger partial charge in [-0.3, -0.25) is 9.10 Å². The van der Waals surface area contributed by atoms with Crippen molar-refractivity contribution in [2.24, 2.45) is 0 Å². The molecule has 7 heteroatoms. The molecule has 0 spiro atoms. The highest BCUT2D eigenvalue weighted by molar-refractivity contribution is 7.92. The third-order valence-corrected chi connectivity index (χ3v) is 5.75. The van der Waals surface area contributed by atoms with E-state index in [0.717, 1.165) is 23.1 Å². The van der Waals surface area contributed by atoms with Crippen molar-refractivity contribution in [3.05, 3.63) is 53.6 Å². The number of nitrogens with zero attached hydrogens (tertiary/aromatic N) is 1. The minimum Gasteiger partial charge on any atom is -0.476 e. The van der Waals surface area contributed by atoms with Gasteiger partial charge in [0.2, 0.25) is 10.0 Å². The van der Waals surface area contributed by atoms with E-state index in [-0.39, 0.29) is 18.4 Å². The molecule has 27 heavy (non-hydrogen) atoms. The van der Waals surface area contributed by atoms with Gasteiger partial charge in [0, 0.05) is 5.69 Å². The Bertz CT molecular complexity index is 970. The maximum Gasteiger partial charge on any atom is 0.267 e. The first-order valence-corrected chi connectivity index (χ1v) is 10.7. The van der Waals surface area contributed by atoms with Gasteiger partial charge in [-0.15, -0.1) is 0 Å². The van der Waals surface area contributed by atoms with E-state index >= 15 is 0 Å². The molecule has 1 aliphatic rings. The van der Waals surface area contributed by atoms with Crippen LogP contribution < -0.4 is 14.4 Å². The fourth-order valence-corrected chi connectivity index (χ4v) is 4.11. The number of benzene rings is 2. The number of hydrogen-bond acceptors (Lipinski definition) is 4. The second kappa shape index (κ2) is 7.23.